The zero-order valence-corrected chi connectivity index (χ0v) is 11.7. The molecule has 0 saturated carbocycles. The Morgan fingerprint density at radius 3 is 2.76 bits per heavy atom. The van der Waals surface area contributed by atoms with E-state index >= 15 is 0 Å². The topological polar surface area (TPSA) is 37.8 Å². The van der Waals surface area contributed by atoms with E-state index in [9.17, 15) is 0 Å². The number of hydrogen-bond acceptors (Lipinski definition) is 3. The SMILES string of the molecule is CCC(CC)Nc1ncc2cccc(Br)c2n1. The van der Waals surface area contributed by atoms with Crippen molar-refractivity contribution in [2.24, 2.45) is 0 Å². The van der Waals surface area contributed by atoms with Gasteiger partial charge >= 0.3 is 0 Å². The van der Waals surface area contributed by atoms with E-state index in [4.69, 9.17) is 0 Å². The molecule has 1 aromatic carbocycles. The first kappa shape index (κ1) is 12.3. The number of para-hydroxylation sites is 1. The van der Waals surface area contributed by atoms with Crippen molar-refractivity contribution in [1.29, 1.82) is 0 Å². The van der Waals surface area contributed by atoms with E-state index in [-0.39, 0.29) is 0 Å². The first-order valence-corrected chi connectivity index (χ1v) is 6.71. The highest BCUT2D eigenvalue weighted by Crippen LogP contribution is 2.22. The predicted molar refractivity (Wildman–Crippen MR) is 75.2 cm³/mol. The average molecular weight is 294 g/mol. The van der Waals surface area contributed by atoms with Gasteiger partial charge in [-0.1, -0.05) is 26.0 Å². The monoisotopic (exact) mass is 293 g/mol. The zero-order chi connectivity index (χ0) is 12.3. The van der Waals surface area contributed by atoms with Gasteiger partial charge in [0, 0.05) is 22.1 Å². The van der Waals surface area contributed by atoms with Gasteiger partial charge in [-0.3, -0.25) is 0 Å². The molecule has 0 saturated heterocycles. The highest BCUT2D eigenvalue weighted by molar-refractivity contribution is 9.10. The van der Waals surface area contributed by atoms with Crippen molar-refractivity contribution in [3.8, 4) is 0 Å². The Morgan fingerprint density at radius 1 is 1.29 bits per heavy atom. The Balaban J connectivity index is 2.34. The summed E-state index contributed by atoms with van der Waals surface area (Å²) in [5.74, 6) is 0.707. The molecule has 1 heterocycles. The third-order valence-corrected chi connectivity index (χ3v) is 3.52. The summed E-state index contributed by atoms with van der Waals surface area (Å²) < 4.78 is 1.00. The molecule has 0 bridgehead atoms. The van der Waals surface area contributed by atoms with Gasteiger partial charge < -0.3 is 5.32 Å². The molecule has 0 aliphatic rings. The molecule has 0 unspecified atom stereocenters. The smallest absolute Gasteiger partial charge is 0.223 e. The second-order valence-corrected chi connectivity index (χ2v) is 4.88. The van der Waals surface area contributed by atoms with Crippen LogP contribution >= 0.6 is 15.9 Å². The number of benzene rings is 1. The summed E-state index contributed by atoms with van der Waals surface area (Å²) in [5.41, 5.74) is 0.955. The lowest BCUT2D eigenvalue weighted by Crippen LogP contribution is -2.18. The maximum atomic E-state index is 4.54. The molecule has 0 aliphatic heterocycles. The van der Waals surface area contributed by atoms with E-state index in [2.05, 4.69) is 45.1 Å². The van der Waals surface area contributed by atoms with E-state index in [1.165, 1.54) is 0 Å². The number of aromatic nitrogens is 2. The minimum atomic E-state index is 0.440. The van der Waals surface area contributed by atoms with Gasteiger partial charge in [0.05, 0.1) is 5.52 Å². The fraction of sp³-hybridized carbons (Fsp3) is 0.385. The standard InChI is InChI=1S/C13H16BrN3/c1-3-10(4-2)16-13-15-8-9-6-5-7-11(14)12(9)17-13/h5-8,10H,3-4H2,1-2H3,(H,15,16,17). The molecule has 1 aromatic heterocycles. The molecular weight excluding hydrogens is 278 g/mol. The van der Waals surface area contributed by atoms with E-state index in [1.807, 2.05) is 24.4 Å². The molecule has 0 spiro atoms. The van der Waals surface area contributed by atoms with Gasteiger partial charge in [0.15, 0.2) is 0 Å². The summed E-state index contributed by atoms with van der Waals surface area (Å²) in [7, 11) is 0. The maximum absolute atomic E-state index is 4.54. The lowest BCUT2D eigenvalue weighted by Gasteiger charge is -2.14. The van der Waals surface area contributed by atoms with Crippen molar-refractivity contribution in [2.45, 2.75) is 32.7 Å². The normalized spacial score (nSPS) is 11.1. The van der Waals surface area contributed by atoms with Gasteiger partial charge in [-0.15, -0.1) is 0 Å². The van der Waals surface area contributed by atoms with Crippen molar-refractivity contribution in [3.63, 3.8) is 0 Å². The fourth-order valence-corrected chi connectivity index (χ4v) is 2.23. The number of nitrogens with zero attached hydrogens (tertiary/aromatic N) is 2. The second kappa shape index (κ2) is 5.45. The lowest BCUT2D eigenvalue weighted by molar-refractivity contribution is 0.665. The number of halogens is 1. The Hall–Kier alpha value is -1.16. The number of anilines is 1. The first-order valence-electron chi connectivity index (χ1n) is 5.92. The lowest BCUT2D eigenvalue weighted by atomic mass is 10.2. The van der Waals surface area contributed by atoms with E-state index < -0.39 is 0 Å². The number of nitrogens with one attached hydrogen (secondary N) is 1. The Bertz CT molecular complexity index is 509. The number of hydrogen-bond donors (Lipinski definition) is 1. The van der Waals surface area contributed by atoms with Crippen LogP contribution in [0.1, 0.15) is 26.7 Å². The summed E-state index contributed by atoms with van der Waals surface area (Å²) in [6, 6.07) is 6.44. The Morgan fingerprint density at radius 2 is 2.06 bits per heavy atom. The molecular formula is C13H16BrN3. The summed E-state index contributed by atoms with van der Waals surface area (Å²) in [5, 5.41) is 4.41. The van der Waals surface area contributed by atoms with Crippen molar-refractivity contribution in [3.05, 3.63) is 28.9 Å². The Kier molecular flexibility index (Phi) is 3.94. The largest absolute Gasteiger partial charge is 0.351 e. The number of rotatable bonds is 4. The highest BCUT2D eigenvalue weighted by atomic mass is 79.9. The maximum Gasteiger partial charge on any atom is 0.223 e. The molecule has 3 nitrogen and oxygen atoms in total. The Labute approximate surface area is 110 Å². The van der Waals surface area contributed by atoms with Gasteiger partial charge in [-0.05, 0) is 34.8 Å². The third-order valence-electron chi connectivity index (χ3n) is 2.88. The summed E-state index contributed by atoms with van der Waals surface area (Å²) in [4.78, 5) is 8.88. The summed E-state index contributed by atoms with van der Waals surface area (Å²) >= 11 is 3.51. The van der Waals surface area contributed by atoms with E-state index in [1.54, 1.807) is 0 Å². The van der Waals surface area contributed by atoms with Gasteiger partial charge in [-0.25, -0.2) is 9.97 Å². The molecule has 0 amide bonds. The molecule has 0 fully saturated rings. The van der Waals surface area contributed by atoms with Gasteiger partial charge in [-0.2, -0.15) is 0 Å². The molecule has 2 rings (SSSR count). The van der Waals surface area contributed by atoms with Crippen molar-refractivity contribution >= 4 is 32.8 Å². The van der Waals surface area contributed by atoms with Crippen LogP contribution in [0.5, 0.6) is 0 Å². The van der Waals surface area contributed by atoms with Crippen molar-refractivity contribution < 1.29 is 0 Å². The molecule has 0 atom stereocenters. The minimum Gasteiger partial charge on any atom is -0.351 e. The van der Waals surface area contributed by atoms with Gasteiger partial charge in [0.25, 0.3) is 0 Å². The van der Waals surface area contributed by atoms with Gasteiger partial charge in [0.2, 0.25) is 5.95 Å². The third kappa shape index (κ3) is 2.75. The zero-order valence-electron chi connectivity index (χ0n) is 10.1. The van der Waals surface area contributed by atoms with Crippen LogP contribution in [0.15, 0.2) is 28.9 Å². The quantitative estimate of drug-likeness (QED) is 0.926. The van der Waals surface area contributed by atoms with Crippen LogP contribution in [0.4, 0.5) is 5.95 Å². The first-order chi connectivity index (χ1) is 8.24. The van der Waals surface area contributed by atoms with Crippen LogP contribution in [0.25, 0.3) is 10.9 Å². The second-order valence-electron chi connectivity index (χ2n) is 4.03. The molecule has 90 valence electrons. The summed E-state index contributed by atoms with van der Waals surface area (Å²) in [6.45, 7) is 4.33. The summed E-state index contributed by atoms with van der Waals surface area (Å²) in [6.07, 6.45) is 4.01. The molecule has 0 radical (unpaired) electrons. The van der Waals surface area contributed by atoms with Crippen LogP contribution in [-0.4, -0.2) is 16.0 Å². The van der Waals surface area contributed by atoms with Crippen LogP contribution in [0.3, 0.4) is 0 Å². The van der Waals surface area contributed by atoms with Crippen LogP contribution in [-0.2, 0) is 0 Å². The van der Waals surface area contributed by atoms with Crippen LogP contribution in [0.2, 0.25) is 0 Å². The van der Waals surface area contributed by atoms with Crippen LogP contribution in [0, 0.1) is 0 Å². The fourth-order valence-electron chi connectivity index (χ4n) is 1.76. The minimum absolute atomic E-state index is 0.440. The van der Waals surface area contributed by atoms with E-state index in [0.717, 1.165) is 28.2 Å². The predicted octanol–water partition coefficient (Wildman–Crippen LogP) is 3.99. The number of fused-ring (bicyclic) bond motifs is 1. The van der Waals surface area contributed by atoms with Crippen molar-refractivity contribution in [2.75, 3.05) is 5.32 Å². The molecule has 2 aromatic rings. The van der Waals surface area contributed by atoms with Gasteiger partial charge in [0.1, 0.15) is 0 Å². The van der Waals surface area contributed by atoms with E-state index in [0.29, 0.717) is 12.0 Å². The molecule has 4 heteroatoms. The van der Waals surface area contributed by atoms with Crippen LogP contribution < -0.4 is 5.32 Å². The molecule has 0 aliphatic carbocycles. The highest BCUT2D eigenvalue weighted by Gasteiger charge is 2.07. The molecule has 17 heavy (non-hydrogen) atoms. The van der Waals surface area contributed by atoms with Crippen molar-refractivity contribution in [1.82, 2.24) is 9.97 Å². The average Bonchev–Trinajstić information content (AvgIpc) is 2.37. The molecule has 1 N–H and O–H groups in total.